The number of fused-ring (bicyclic) bond motifs is 1. The lowest BCUT2D eigenvalue weighted by Crippen LogP contribution is -2.11. The van der Waals surface area contributed by atoms with Crippen LogP contribution in [-0.4, -0.2) is 9.97 Å². The molecule has 8 heteroatoms. The van der Waals surface area contributed by atoms with Crippen molar-refractivity contribution in [1.82, 2.24) is 9.97 Å². The first-order chi connectivity index (χ1) is 14.3. The van der Waals surface area contributed by atoms with Crippen LogP contribution < -0.4 is 5.56 Å². The van der Waals surface area contributed by atoms with Crippen LogP contribution in [0.25, 0.3) is 33.9 Å². The van der Waals surface area contributed by atoms with E-state index in [2.05, 4.69) is 9.97 Å². The van der Waals surface area contributed by atoms with Crippen LogP contribution >= 0.6 is 0 Å². The number of nitriles is 1. The smallest absolute Gasteiger partial charge is 0.416 e. The Morgan fingerprint density at radius 2 is 1.90 bits per heavy atom. The highest BCUT2D eigenvalue weighted by Gasteiger charge is 2.30. The molecule has 1 N–H and O–H groups in total. The molecule has 0 saturated carbocycles. The fourth-order valence-electron chi connectivity index (χ4n) is 2.94. The average Bonchev–Trinajstić information content (AvgIpc) is 3.20. The normalized spacial score (nSPS) is 12.1. The van der Waals surface area contributed by atoms with Crippen LogP contribution in [-0.2, 0) is 6.18 Å². The second kappa shape index (κ2) is 7.37. The molecular formula is C22H12F3N3O2. The van der Waals surface area contributed by atoms with E-state index in [0.29, 0.717) is 10.9 Å². The SMILES string of the molecule is N#C/C(=C\c1ccc(-c2cccc(C(F)(F)F)c2)o1)c1nc2ccccc2c(=O)[nH]1. The number of halogens is 3. The van der Waals surface area contributed by atoms with E-state index < -0.39 is 11.7 Å². The number of H-pyrrole nitrogens is 1. The summed E-state index contributed by atoms with van der Waals surface area (Å²) in [5.41, 5.74) is -0.450. The Morgan fingerprint density at radius 1 is 1.10 bits per heavy atom. The zero-order valence-electron chi connectivity index (χ0n) is 15.2. The van der Waals surface area contributed by atoms with Gasteiger partial charge in [0.25, 0.3) is 5.56 Å². The van der Waals surface area contributed by atoms with Crippen LogP contribution in [0.3, 0.4) is 0 Å². The molecule has 0 aliphatic rings. The van der Waals surface area contributed by atoms with E-state index in [4.69, 9.17) is 4.42 Å². The molecule has 0 atom stereocenters. The van der Waals surface area contributed by atoms with Gasteiger partial charge in [0.05, 0.1) is 22.0 Å². The van der Waals surface area contributed by atoms with Gasteiger partial charge < -0.3 is 9.40 Å². The molecule has 0 unspecified atom stereocenters. The van der Waals surface area contributed by atoms with E-state index in [1.165, 1.54) is 30.3 Å². The molecule has 30 heavy (non-hydrogen) atoms. The zero-order valence-corrected chi connectivity index (χ0v) is 15.2. The quantitative estimate of drug-likeness (QED) is 0.469. The number of hydrogen-bond acceptors (Lipinski definition) is 4. The van der Waals surface area contributed by atoms with Crippen LogP contribution in [0.5, 0.6) is 0 Å². The molecule has 148 valence electrons. The van der Waals surface area contributed by atoms with Crippen molar-refractivity contribution in [3.63, 3.8) is 0 Å². The highest BCUT2D eigenvalue weighted by molar-refractivity contribution is 5.88. The average molecular weight is 407 g/mol. The summed E-state index contributed by atoms with van der Waals surface area (Å²) in [6, 6.07) is 16.4. The molecule has 2 aromatic carbocycles. The number of benzene rings is 2. The second-order valence-electron chi connectivity index (χ2n) is 6.38. The summed E-state index contributed by atoms with van der Waals surface area (Å²) in [5, 5.41) is 9.90. The molecule has 5 nitrogen and oxygen atoms in total. The topological polar surface area (TPSA) is 82.7 Å². The summed E-state index contributed by atoms with van der Waals surface area (Å²) in [4.78, 5) is 19.1. The molecule has 0 aliphatic carbocycles. The number of aromatic amines is 1. The van der Waals surface area contributed by atoms with Gasteiger partial charge in [-0.2, -0.15) is 18.4 Å². The van der Waals surface area contributed by atoms with Crippen LogP contribution in [0.4, 0.5) is 13.2 Å². The van der Waals surface area contributed by atoms with Crippen LogP contribution in [0, 0.1) is 11.3 Å². The van der Waals surface area contributed by atoms with Gasteiger partial charge in [-0.15, -0.1) is 0 Å². The van der Waals surface area contributed by atoms with Crippen LogP contribution in [0.2, 0.25) is 0 Å². The molecule has 0 saturated heterocycles. The van der Waals surface area contributed by atoms with Crippen LogP contribution in [0.1, 0.15) is 17.1 Å². The lowest BCUT2D eigenvalue weighted by Gasteiger charge is -2.07. The Labute approximate surface area is 167 Å². The van der Waals surface area contributed by atoms with Crippen LogP contribution in [0.15, 0.2) is 69.9 Å². The lowest BCUT2D eigenvalue weighted by atomic mass is 10.1. The monoisotopic (exact) mass is 407 g/mol. The van der Waals surface area contributed by atoms with Gasteiger partial charge >= 0.3 is 6.18 Å². The molecular weight excluding hydrogens is 395 g/mol. The van der Waals surface area contributed by atoms with Crippen molar-refractivity contribution >= 4 is 22.6 Å². The number of nitrogens with zero attached hydrogens (tertiary/aromatic N) is 2. The Hall–Kier alpha value is -4.12. The largest absolute Gasteiger partial charge is 0.457 e. The Bertz CT molecular complexity index is 1370. The molecule has 4 aromatic rings. The van der Waals surface area contributed by atoms with Crippen molar-refractivity contribution < 1.29 is 17.6 Å². The molecule has 0 aliphatic heterocycles. The van der Waals surface area contributed by atoms with Crippen molar-refractivity contribution in [3.05, 3.63) is 88.2 Å². The fraction of sp³-hybridized carbons (Fsp3) is 0.0455. The number of nitrogens with one attached hydrogen (secondary N) is 1. The predicted molar refractivity (Wildman–Crippen MR) is 105 cm³/mol. The Kier molecular flexibility index (Phi) is 4.72. The molecule has 0 bridgehead atoms. The minimum Gasteiger partial charge on any atom is -0.457 e. The summed E-state index contributed by atoms with van der Waals surface area (Å²) >= 11 is 0. The molecule has 4 rings (SSSR count). The van der Waals surface area contributed by atoms with E-state index in [9.17, 15) is 23.2 Å². The van der Waals surface area contributed by atoms with Crippen molar-refractivity contribution in [2.24, 2.45) is 0 Å². The first-order valence-corrected chi connectivity index (χ1v) is 8.74. The van der Waals surface area contributed by atoms with Gasteiger partial charge in [-0.1, -0.05) is 24.3 Å². The number of allylic oxidation sites excluding steroid dienone is 1. The number of aromatic nitrogens is 2. The van der Waals surface area contributed by atoms with Gasteiger partial charge in [0.1, 0.15) is 17.6 Å². The summed E-state index contributed by atoms with van der Waals surface area (Å²) in [5.74, 6) is 0.512. The summed E-state index contributed by atoms with van der Waals surface area (Å²) < 4.78 is 44.4. The van der Waals surface area contributed by atoms with E-state index >= 15 is 0 Å². The fourth-order valence-corrected chi connectivity index (χ4v) is 2.94. The maximum atomic E-state index is 12.9. The van der Waals surface area contributed by atoms with E-state index in [0.717, 1.165) is 12.1 Å². The number of rotatable bonds is 3. The van der Waals surface area contributed by atoms with Gasteiger partial charge in [0.2, 0.25) is 0 Å². The summed E-state index contributed by atoms with van der Waals surface area (Å²) in [7, 11) is 0. The molecule has 2 aromatic heterocycles. The van der Waals surface area contributed by atoms with E-state index in [1.807, 2.05) is 6.07 Å². The highest BCUT2D eigenvalue weighted by Crippen LogP contribution is 2.33. The van der Waals surface area contributed by atoms with E-state index in [1.54, 1.807) is 24.3 Å². The minimum absolute atomic E-state index is 0.0443. The predicted octanol–water partition coefficient (Wildman–Crippen LogP) is 5.27. The summed E-state index contributed by atoms with van der Waals surface area (Å²) in [6.45, 7) is 0. The zero-order chi connectivity index (χ0) is 21.3. The number of para-hydroxylation sites is 1. The highest BCUT2D eigenvalue weighted by atomic mass is 19.4. The molecule has 0 fully saturated rings. The van der Waals surface area contributed by atoms with E-state index in [-0.39, 0.29) is 34.0 Å². The maximum Gasteiger partial charge on any atom is 0.416 e. The standard InChI is InChI=1S/C22H12F3N3O2/c23-22(24,25)15-5-3-4-13(10-15)19-9-8-16(30-19)11-14(12-26)20-27-18-7-2-1-6-17(18)21(29)28-20/h1-11H,(H,27,28,29)/b14-11+. The molecule has 2 heterocycles. The van der Waals surface area contributed by atoms with Crippen molar-refractivity contribution in [2.75, 3.05) is 0 Å². The third-order valence-corrected chi connectivity index (χ3v) is 4.38. The van der Waals surface area contributed by atoms with Crippen molar-refractivity contribution in [1.29, 1.82) is 5.26 Å². The first-order valence-electron chi connectivity index (χ1n) is 8.74. The minimum atomic E-state index is -4.47. The van der Waals surface area contributed by atoms with Crippen molar-refractivity contribution in [2.45, 2.75) is 6.18 Å². The molecule has 0 amide bonds. The number of alkyl halides is 3. The van der Waals surface area contributed by atoms with Gasteiger partial charge in [-0.05, 0) is 36.4 Å². The van der Waals surface area contributed by atoms with Gasteiger partial charge in [-0.3, -0.25) is 4.79 Å². The number of hydrogen-bond donors (Lipinski definition) is 1. The van der Waals surface area contributed by atoms with Crippen molar-refractivity contribution in [3.8, 4) is 17.4 Å². The lowest BCUT2D eigenvalue weighted by molar-refractivity contribution is -0.137. The Morgan fingerprint density at radius 3 is 2.67 bits per heavy atom. The Balaban J connectivity index is 1.71. The number of furan rings is 1. The second-order valence-corrected chi connectivity index (χ2v) is 6.38. The molecule has 0 spiro atoms. The van der Waals surface area contributed by atoms with Gasteiger partial charge in [0, 0.05) is 11.6 Å². The maximum absolute atomic E-state index is 12.9. The third-order valence-electron chi connectivity index (χ3n) is 4.38. The summed E-state index contributed by atoms with van der Waals surface area (Å²) in [6.07, 6.45) is -3.10. The first kappa shape index (κ1) is 19.2. The molecule has 0 radical (unpaired) electrons. The van der Waals surface area contributed by atoms with Gasteiger partial charge in [0.15, 0.2) is 5.82 Å². The third kappa shape index (κ3) is 3.73. The van der Waals surface area contributed by atoms with Gasteiger partial charge in [-0.25, -0.2) is 4.98 Å².